The topological polar surface area (TPSA) is 69.9 Å². The predicted molar refractivity (Wildman–Crippen MR) is 117 cm³/mol. The summed E-state index contributed by atoms with van der Waals surface area (Å²) < 4.78 is 0. The van der Waals surface area contributed by atoms with Crippen LogP contribution in [0.3, 0.4) is 0 Å². The summed E-state index contributed by atoms with van der Waals surface area (Å²) >= 11 is 0. The van der Waals surface area contributed by atoms with Gasteiger partial charge in [-0.05, 0) is 36.5 Å². The molecule has 2 atom stereocenters. The van der Waals surface area contributed by atoms with E-state index in [1.54, 1.807) is 24.3 Å². The van der Waals surface area contributed by atoms with E-state index in [9.17, 15) is 9.59 Å². The second kappa shape index (κ2) is 10.9. The standard InChI is InChI=1S/C20H30N4O2.2ClH/c1-15-10-16(2)13-24(12-15)19(25)14-22-6-8-23(9-7-22)20(26)17-4-3-5-18(21)11-17;;/h3-5,11,15-16H,6-10,12-14,21H2,1-2H3;2*1H. The summed E-state index contributed by atoms with van der Waals surface area (Å²) in [5.41, 5.74) is 7.00. The Bertz CT molecular complexity index is 655. The van der Waals surface area contributed by atoms with Crippen molar-refractivity contribution < 1.29 is 9.59 Å². The number of carbonyl (C=O) groups is 2. The van der Waals surface area contributed by atoms with Gasteiger partial charge in [0.2, 0.25) is 5.91 Å². The molecule has 2 saturated heterocycles. The van der Waals surface area contributed by atoms with E-state index in [4.69, 9.17) is 5.73 Å². The fourth-order valence-electron chi connectivity index (χ4n) is 4.12. The molecule has 8 heteroatoms. The SMILES string of the molecule is CC1CC(C)CN(C(=O)CN2CCN(C(=O)c3cccc(N)c3)CC2)C1.Cl.Cl. The van der Waals surface area contributed by atoms with Gasteiger partial charge in [0.05, 0.1) is 6.54 Å². The second-order valence-corrected chi connectivity index (χ2v) is 7.94. The lowest BCUT2D eigenvalue weighted by Gasteiger charge is -2.38. The number of nitrogens with zero attached hydrogens (tertiary/aromatic N) is 3. The average Bonchev–Trinajstić information content (AvgIpc) is 2.61. The van der Waals surface area contributed by atoms with E-state index in [0.29, 0.717) is 42.7 Å². The summed E-state index contributed by atoms with van der Waals surface area (Å²) in [4.78, 5) is 31.2. The van der Waals surface area contributed by atoms with Gasteiger partial charge in [-0.2, -0.15) is 0 Å². The summed E-state index contributed by atoms with van der Waals surface area (Å²) in [7, 11) is 0. The van der Waals surface area contributed by atoms with Gasteiger partial charge in [0.15, 0.2) is 0 Å². The normalized spacial score (nSPS) is 22.8. The van der Waals surface area contributed by atoms with Crippen LogP contribution in [-0.4, -0.2) is 72.3 Å². The molecule has 6 nitrogen and oxygen atoms in total. The molecule has 2 heterocycles. The zero-order chi connectivity index (χ0) is 18.7. The summed E-state index contributed by atoms with van der Waals surface area (Å²) in [5.74, 6) is 1.40. The first kappa shape index (κ1) is 24.5. The number of amides is 2. The Morgan fingerprint density at radius 3 is 2.18 bits per heavy atom. The molecular formula is C20H32Cl2N4O2. The van der Waals surface area contributed by atoms with Gasteiger partial charge in [0.25, 0.3) is 5.91 Å². The van der Waals surface area contributed by atoms with Gasteiger partial charge in [0.1, 0.15) is 0 Å². The molecule has 2 amide bonds. The maximum absolute atomic E-state index is 12.6. The van der Waals surface area contributed by atoms with Crippen molar-refractivity contribution in [2.24, 2.45) is 11.8 Å². The first-order chi connectivity index (χ1) is 12.4. The molecule has 3 rings (SSSR count). The second-order valence-electron chi connectivity index (χ2n) is 7.94. The smallest absolute Gasteiger partial charge is 0.254 e. The van der Waals surface area contributed by atoms with Gasteiger partial charge in [-0.3, -0.25) is 14.5 Å². The number of carbonyl (C=O) groups excluding carboxylic acids is 2. The van der Waals surface area contributed by atoms with Crippen LogP contribution in [0.4, 0.5) is 5.69 Å². The quantitative estimate of drug-likeness (QED) is 0.747. The number of hydrogen-bond acceptors (Lipinski definition) is 4. The van der Waals surface area contributed by atoms with Crippen LogP contribution in [0, 0.1) is 11.8 Å². The summed E-state index contributed by atoms with van der Waals surface area (Å²) in [6, 6.07) is 7.10. The Morgan fingerprint density at radius 2 is 1.61 bits per heavy atom. The first-order valence-electron chi connectivity index (χ1n) is 9.57. The van der Waals surface area contributed by atoms with Crippen LogP contribution >= 0.6 is 24.8 Å². The molecule has 0 spiro atoms. The van der Waals surface area contributed by atoms with Crippen LogP contribution in [-0.2, 0) is 4.79 Å². The van der Waals surface area contributed by atoms with Crippen molar-refractivity contribution in [2.75, 3.05) is 51.5 Å². The number of hydrogen-bond donors (Lipinski definition) is 1. The molecule has 0 aromatic heterocycles. The monoisotopic (exact) mass is 430 g/mol. The number of nitrogens with two attached hydrogens (primary N) is 1. The van der Waals surface area contributed by atoms with Crippen molar-refractivity contribution in [3.63, 3.8) is 0 Å². The summed E-state index contributed by atoms with van der Waals surface area (Å²) in [6.07, 6.45) is 1.20. The number of piperidine rings is 1. The zero-order valence-corrected chi connectivity index (χ0v) is 18.3. The minimum absolute atomic E-state index is 0. The van der Waals surface area contributed by atoms with Crippen LogP contribution < -0.4 is 5.73 Å². The number of benzene rings is 1. The lowest BCUT2D eigenvalue weighted by Crippen LogP contribution is -2.53. The molecule has 28 heavy (non-hydrogen) atoms. The predicted octanol–water partition coefficient (Wildman–Crippen LogP) is 2.37. The average molecular weight is 431 g/mol. The van der Waals surface area contributed by atoms with Gasteiger partial charge < -0.3 is 15.5 Å². The minimum Gasteiger partial charge on any atom is -0.399 e. The van der Waals surface area contributed by atoms with E-state index in [1.165, 1.54) is 6.42 Å². The molecule has 0 aliphatic carbocycles. The number of halogens is 2. The Labute approximate surface area is 180 Å². The van der Waals surface area contributed by atoms with Crippen LogP contribution in [0.25, 0.3) is 0 Å². The molecule has 0 bridgehead atoms. The Kier molecular flexibility index (Phi) is 9.54. The molecule has 1 aromatic carbocycles. The Morgan fingerprint density at radius 1 is 1.00 bits per heavy atom. The number of anilines is 1. The molecular weight excluding hydrogens is 399 g/mol. The van der Waals surface area contributed by atoms with E-state index in [1.807, 2.05) is 9.80 Å². The number of piperazine rings is 1. The van der Waals surface area contributed by atoms with Gasteiger partial charge in [-0.15, -0.1) is 24.8 Å². The maximum Gasteiger partial charge on any atom is 0.254 e. The van der Waals surface area contributed by atoms with Crippen molar-refractivity contribution in [1.82, 2.24) is 14.7 Å². The maximum atomic E-state index is 12.6. The fourth-order valence-corrected chi connectivity index (χ4v) is 4.12. The van der Waals surface area contributed by atoms with Crippen molar-refractivity contribution in [1.29, 1.82) is 0 Å². The third-order valence-corrected chi connectivity index (χ3v) is 5.37. The van der Waals surface area contributed by atoms with Crippen molar-refractivity contribution >= 4 is 42.3 Å². The molecule has 2 unspecified atom stereocenters. The first-order valence-corrected chi connectivity index (χ1v) is 9.57. The van der Waals surface area contributed by atoms with Gasteiger partial charge in [-0.1, -0.05) is 19.9 Å². The summed E-state index contributed by atoms with van der Waals surface area (Å²) in [6.45, 7) is 9.40. The van der Waals surface area contributed by atoms with Crippen LogP contribution in [0.1, 0.15) is 30.6 Å². The van der Waals surface area contributed by atoms with E-state index in [0.717, 1.165) is 26.2 Å². The molecule has 0 saturated carbocycles. The van der Waals surface area contributed by atoms with Crippen LogP contribution in [0.5, 0.6) is 0 Å². The van der Waals surface area contributed by atoms with Gasteiger partial charge in [0, 0.05) is 50.5 Å². The number of rotatable bonds is 3. The van der Waals surface area contributed by atoms with Crippen molar-refractivity contribution in [3.05, 3.63) is 29.8 Å². The Hall–Kier alpha value is -1.50. The highest BCUT2D eigenvalue weighted by Crippen LogP contribution is 2.21. The fraction of sp³-hybridized carbons (Fsp3) is 0.600. The van der Waals surface area contributed by atoms with E-state index in [2.05, 4.69) is 18.7 Å². The van der Waals surface area contributed by atoms with Gasteiger partial charge >= 0.3 is 0 Å². The highest BCUT2D eigenvalue weighted by molar-refractivity contribution is 5.95. The third kappa shape index (κ3) is 6.26. The molecule has 2 N–H and O–H groups in total. The van der Waals surface area contributed by atoms with Crippen LogP contribution in [0.2, 0.25) is 0 Å². The van der Waals surface area contributed by atoms with Crippen molar-refractivity contribution in [3.8, 4) is 0 Å². The molecule has 158 valence electrons. The Balaban J connectivity index is 0.00000196. The minimum atomic E-state index is 0. The van der Waals surface area contributed by atoms with E-state index in [-0.39, 0.29) is 36.6 Å². The van der Waals surface area contributed by atoms with Crippen molar-refractivity contribution in [2.45, 2.75) is 20.3 Å². The number of nitrogen functional groups attached to an aromatic ring is 1. The highest BCUT2D eigenvalue weighted by Gasteiger charge is 2.28. The lowest BCUT2D eigenvalue weighted by molar-refractivity contribution is -0.135. The zero-order valence-electron chi connectivity index (χ0n) is 16.7. The highest BCUT2D eigenvalue weighted by atomic mass is 35.5. The third-order valence-electron chi connectivity index (χ3n) is 5.37. The number of likely N-dealkylation sites (tertiary alicyclic amines) is 1. The van der Waals surface area contributed by atoms with Gasteiger partial charge in [-0.25, -0.2) is 0 Å². The lowest BCUT2D eigenvalue weighted by atomic mass is 9.92. The largest absolute Gasteiger partial charge is 0.399 e. The molecule has 2 aliphatic heterocycles. The van der Waals surface area contributed by atoms with E-state index < -0.39 is 0 Å². The molecule has 2 fully saturated rings. The molecule has 0 radical (unpaired) electrons. The van der Waals surface area contributed by atoms with E-state index >= 15 is 0 Å². The van der Waals surface area contributed by atoms with Crippen LogP contribution in [0.15, 0.2) is 24.3 Å². The molecule has 2 aliphatic rings. The summed E-state index contributed by atoms with van der Waals surface area (Å²) in [5, 5.41) is 0. The molecule has 1 aromatic rings.